The highest BCUT2D eigenvalue weighted by molar-refractivity contribution is 5.96. The van der Waals surface area contributed by atoms with E-state index in [1.807, 2.05) is 6.07 Å². The molecule has 36 heavy (non-hydrogen) atoms. The number of aromatic nitrogens is 1. The summed E-state index contributed by atoms with van der Waals surface area (Å²) in [5.41, 5.74) is 1.99. The van der Waals surface area contributed by atoms with Crippen molar-refractivity contribution in [3.8, 4) is 0 Å². The lowest BCUT2D eigenvalue weighted by molar-refractivity contribution is -0.137. The summed E-state index contributed by atoms with van der Waals surface area (Å²) in [5.74, 6) is -0.526. The molecule has 0 radical (unpaired) electrons. The van der Waals surface area contributed by atoms with Crippen molar-refractivity contribution >= 4 is 11.7 Å². The number of morpholine rings is 1. The molecule has 0 bridgehead atoms. The number of pyridine rings is 1. The van der Waals surface area contributed by atoms with Gasteiger partial charge in [-0.1, -0.05) is 12.1 Å². The van der Waals surface area contributed by atoms with Gasteiger partial charge < -0.3 is 15.0 Å². The summed E-state index contributed by atoms with van der Waals surface area (Å²) in [6, 6.07) is 11.2. The van der Waals surface area contributed by atoms with Gasteiger partial charge in [-0.05, 0) is 65.9 Å². The Morgan fingerprint density at radius 1 is 1.08 bits per heavy atom. The lowest BCUT2D eigenvalue weighted by Gasteiger charge is -2.29. The molecule has 1 aliphatic heterocycles. The molecular weight excluding hydrogens is 474 g/mol. The normalized spacial score (nSPS) is 17.7. The number of nitrogens with zero attached hydrogens (tertiary/aromatic N) is 2. The van der Waals surface area contributed by atoms with Crippen LogP contribution in [0.15, 0.2) is 54.7 Å². The second-order valence-corrected chi connectivity index (χ2v) is 9.00. The van der Waals surface area contributed by atoms with Crippen molar-refractivity contribution in [3.05, 3.63) is 93.9 Å². The van der Waals surface area contributed by atoms with Crippen molar-refractivity contribution in [1.82, 2.24) is 10.3 Å². The maximum Gasteiger partial charge on any atom is 0.416 e. The van der Waals surface area contributed by atoms with Crippen LogP contribution in [0, 0.1) is 5.82 Å². The number of amides is 1. The summed E-state index contributed by atoms with van der Waals surface area (Å²) in [7, 11) is 0. The van der Waals surface area contributed by atoms with Gasteiger partial charge in [-0.3, -0.25) is 4.79 Å². The highest BCUT2D eigenvalue weighted by Gasteiger charge is 2.34. The lowest BCUT2D eigenvalue weighted by Crippen LogP contribution is -2.38. The van der Waals surface area contributed by atoms with Gasteiger partial charge in [0.1, 0.15) is 11.6 Å². The predicted molar refractivity (Wildman–Crippen MR) is 126 cm³/mol. The number of carbonyl (C=O) groups excluding carboxylic acids is 1. The molecule has 1 amide bonds. The molecule has 2 aliphatic rings. The maximum atomic E-state index is 13.7. The van der Waals surface area contributed by atoms with Crippen molar-refractivity contribution in [3.63, 3.8) is 0 Å². The van der Waals surface area contributed by atoms with Gasteiger partial charge in [-0.25, -0.2) is 9.37 Å². The first-order valence-electron chi connectivity index (χ1n) is 11.9. The Labute approximate surface area is 206 Å². The Morgan fingerprint density at radius 2 is 1.89 bits per heavy atom. The van der Waals surface area contributed by atoms with E-state index in [9.17, 15) is 22.4 Å². The number of anilines is 1. The van der Waals surface area contributed by atoms with E-state index in [4.69, 9.17) is 4.74 Å². The van der Waals surface area contributed by atoms with E-state index in [0.717, 1.165) is 34.6 Å². The van der Waals surface area contributed by atoms with Crippen LogP contribution in [-0.4, -0.2) is 37.2 Å². The Hall–Kier alpha value is -3.46. The molecule has 0 spiro atoms. The number of fused-ring (bicyclic) bond motifs is 1. The fraction of sp³-hybridized carbons (Fsp3) is 0.333. The summed E-state index contributed by atoms with van der Waals surface area (Å²) < 4.78 is 59.8. The van der Waals surface area contributed by atoms with Crippen LogP contribution in [0.5, 0.6) is 0 Å². The van der Waals surface area contributed by atoms with Crippen LogP contribution in [0.2, 0.25) is 0 Å². The summed E-state index contributed by atoms with van der Waals surface area (Å²) in [5, 5.41) is 2.87. The largest absolute Gasteiger partial charge is 0.416 e. The molecule has 9 heteroatoms. The molecule has 2 aromatic carbocycles. The maximum absolute atomic E-state index is 13.7. The third-order valence-electron chi connectivity index (χ3n) is 6.80. The zero-order valence-corrected chi connectivity index (χ0v) is 19.4. The minimum absolute atomic E-state index is 0.173. The third kappa shape index (κ3) is 4.93. The minimum Gasteiger partial charge on any atom is -0.378 e. The zero-order chi connectivity index (χ0) is 25.3. The number of rotatable bonds is 5. The highest BCUT2D eigenvalue weighted by atomic mass is 19.4. The van der Waals surface area contributed by atoms with Crippen molar-refractivity contribution < 1.29 is 27.1 Å². The molecular formula is C27H25F4N3O2. The molecule has 5 rings (SSSR count). The molecule has 1 aromatic heterocycles. The van der Waals surface area contributed by atoms with Crippen LogP contribution in [0.25, 0.3) is 0 Å². The molecule has 1 aliphatic carbocycles. The molecule has 3 aromatic rings. The topological polar surface area (TPSA) is 54.5 Å². The van der Waals surface area contributed by atoms with Gasteiger partial charge in [-0.15, -0.1) is 0 Å². The van der Waals surface area contributed by atoms with Crippen LogP contribution in [0.4, 0.5) is 23.4 Å². The highest BCUT2D eigenvalue weighted by Crippen LogP contribution is 2.42. The average molecular weight is 500 g/mol. The molecule has 5 nitrogen and oxygen atoms in total. The number of aryl methyl sites for hydroxylation is 1. The van der Waals surface area contributed by atoms with Crippen molar-refractivity contribution in [2.45, 2.75) is 31.5 Å². The Balaban J connectivity index is 1.44. The molecule has 0 saturated carbocycles. The first kappa shape index (κ1) is 24.2. The molecule has 188 valence electrons. The smallest absolute Gasteiger partial charge is 0.378 e. The van der Waals surface area contributed by atoms with Crippen molar-refractivity contribution in [2.75, 3.05) is 31.2 Å². The third-order valence-corrected chi connectivity index (χ3v) is 6.80. The summed E-state index contributed by atoms with van der Waals surface area (Å²) in [6.07, 6.45) is -1.82. The Kier molecular flexibility index (Phi) is 6.66. The molecule has 1 saturated heterocycles. The summed E-state index contributed by atoms with van der Waals surface area (Å²) in [4.78, 5) is 19.9. The summed E-state index contributed by atoms with van der Waals surface area (Å²) >= 11 is 0. The number of hydrogen-bond acceptors (Lipinski definition) is 4. The van der Waals surface area contributed by atoms with E-state index in [1.54, 1.807) is 18.3 Å². The van der Waals surface area contributed by atoms with Crippen LogP contribution < -0.4 is 10.2 Å². The number of alkyl halides is 3. The van der Waals surface area contributed by atoms with E-state index in [-0.39, 0.29) is 17.9 Å². The van der Waals surface area contributed by atoms with Crippen LogP contribution >= 0.6 is 0 Å². The first-order chi connectivity index (χ1) is 17.3. The fourth-order valence-electron chi connectivity index (χ4n) is 5.04. The fourth-order valence-corrected chi connectivity index (χ4v) is 5.04. The van der Waals surface area contributed by atoms with E-state index in [0.29, 0.717) is 44.7 Å². The Bertz CT molecular complexity index is 1270. The van der Waals surface area contributed by atoms with Gasteiger partial charge in [0.25, 0.3) is 5.91 Å². The van der Waals surface area contributed by atoms with E-state index in [1.165, 1.54) is 18.2 Å². The monoisotopic (exact) mass is 499 g/mol. The second-order valence-electron chi connectivity index (χ2n) is 9.00. The standard InChI is InChI=1S/C27H25F4N3O2/c28-20-5-8-21-17(14-20)3-6-22(21)24-15-19(27(29,30)31)4-7-23(24)26(35)33-16-18-2-1-9-32-25(18)34-10-12-36-13-11-34/h1-2,4-5,7-9,14-15,22H,3,6,10-13,16H2,(H,33,35). The van der Waals surface area contributed by atoms with Gasteiger partial charge in [0, 0.05) is 42.9 Å². The molecule has 1 fully saturated rings. The van der Waals surface area contributed by atoms with Crippen LogP contribution in [0.3, 0.4) is 0 Å². The van der Waals surface area contributed by atoms with Gasteiger partial charge >= 0.3 is 6.18 Å². The van der Waals surface area contributed by atoms with Crippen molar-refractivity contribution in [1.29, 1.82) is 0 Å². The molecule has 2 heterocycles. The molecule has 1 atom stereocenters. The quantitative estimate of drug-likeness (QED) is 0.498. The SMILES string of the molecule is O=C(NCc1cccnc1N1CCOCC1)c1ccc(C(F)(F)F)cc1C1CCc2cc(F)ccc21. The van der Waals surface area contributed by atoms with Gasteiger partial charge in [0.05, 0.1) is 18.8 Å². The molecule has 1 unspecified atom stereocenters. The number of benzene rings is 2. The zero-order valence-electron chi connectivity index (χ0n) is 19.4. The number of hydrogen-bond donors (Lipinski definition) is 1. The van der Waals surface area contributed by atoms with Crippen LogP contribution in [-0.2, 0) is 23.9 Å². The minimum atomic E-state index is -4.54. The van der Waals surface area contributed by atoms with E-state index in [2.05, 4.69) is 15.2 Å². The number of carbonyl (C=O) groups is 1. The number of halogens is 4. The lowest BCUT2D eigenvalue weighted by atomic mass is 9.87. The van der Waals surface area contributed by atoms with E-state index < -0.39 is 23.6 Å². The van der Waals surface area contributed by atoms with Gasteiger partial charge in [-0.2, -0.15) is 13.2 Å². The average Bonchev–Trinajstić information content (AvgIpc) is 3.30. The first-order valence-corrected chi connectivity index (χ1v) is 11.9. The predicted octanol–water partition coefficient (Wildman–Crippen LogP) is 5.08. The number of nitrogens with one attached hydrogen (secondary N) is 1. The molecule has 1 N–H and O–H groups in total. The Morgan fingerprint density at radius 3 is 2.67 bits per heavy atom. The van der Waals surface area contributed by atoms with Crippen molar-refractivity contribution in [2.24, 2.45) is 0 Å². The number of ether oxygens (including phenoxy) is 1. The van der Waals surface area contributed by atoms with Crippen LogP contribution in [0.1, 0.15) is 50.5 Å². The second kappa shape index (κ2) is 9.89. The van der Waals surface area contributed by atoms with Gasteiger partial charge in [0.15, 0.2) is 0 Å². The summed E-state index contributed by atoms with van der Waals surface area (Å²) in [6.45, 7) is 2.71. The van der Waals surface area contributed by atoms with Gasteiger partial charge in [0.2, 0.25) is 0 Å². The van der Waals surface area contributed by atoms with E-state index >= 15 is 0 Å².